The van der Waals surface area contributed by atoms with Crippen LogP contribution in [0.1, 0.15) is 35.5 Å². The summed E-state index contributed by atoms with van der Waals surface area (Å²) in [5.41, 5.74) is 10.5. The van der Waals surface area contributed by atoms with E-state index in [0.717, 1.165) is 33.5 Å². The van der Waals surface area contributed by atoms with Crippen molar-refractivity contribution in [1.82, 2.24) is 14.8 Å². The maximum absolute atomic E-state index is 6.34. The van der Waals surface area contributed by atoms with Gasteiger partial charge >= 0.3 is 0 Å². The van der Waals surface area contributed by atoms with Gasteiger partial charge in [0.25, 0.3) is 0 Å². The largest absolute Gasteiger partial charge is 0.318 e. The molecule has 5 heteroatoms. The fraction of sp³-hybridized carbons (Fsp3) is 0.385. The third-order valence-electron chi connectivity index (χ3n) is 2.98. The molecule has 0 aromatic carbocycles. The first-order valence-electron chi connectivity index (χ1n) is 5.94. The predicted molar refractivity (Wildman–Crippen MR) is 75.3 cm³/mol. The van der Waals surface area contributed by atoms with Gasteiger partial charge in [-0.2, -0.15) is 5.10 Å². The molecule has 0 saturated heterocycles. The lowest BCUT2D eigenvalue weighted by atomic mass is 10.0. The molecule has 1 unspecified atom stereocenters. The second-order valence-corrected chi connectivity index (χ2v) is 5.24. The molecular weight excluding hydrogens is 292 g/mol. The second-order valence-electron chi connectivity index (χ2n) is 4.39. The summed E-state index contributed by atoms with van der Waals surface area (Å²) in [4.78, 5) is 4.46. The second kappa shape index (κ2) is 5.20. The summed E-state index contributed by atoms with van der Waals surface area (Å²) in [6, 6.07) is 1.84. The number of pyridine rings is 1. The van der Waals surface area contributed by atoms with E-state index in [2.05, 4.69) is 32.1 Å². The number of hydrogen-bond donors (Lipinski definition) is 1. The average molecular weight is 309 g/mol. The summed E-state index contributed by atoms with van der Waals surface area (Å²) in [6.45, 7) is 6.90. The lowest BCUT2D eigenvalue weighted by molar-refractivity contribution is 0.593. The molecule has 96 valence electrons. The first-order valence-corrected chi connectivity index (χ1v) is 6.73. The van der Waals surface area contributed by atoms with Gasteiger partial charge in [0.05, 0.1) is 28.1 Å². The van der Waals surface area contributed by atoms with Crippen molar-refractivity contribution in [1.29, 1.82) is 0 Å². The first kappa shape index (κ1) is 13.2. The van der Waals surface area contributed by atoms with Crippen LogP contribution in [0.5, 0.6) is 0 Å². The quantitative estimate of drug-likeness (QED) is 0.948. The Kier molecular flexibility index (Phi) is 3.82. The van der Waals surface area contributed by atoms with E-state index < -0.39 is 0 Å². The zero-order valence-electron chi connectivity index (χ0n) is 10.8. The molecule has 1 atom stereocenters. The number of rotatable bonds is 3. The molecule has 2 aromatic rings. The van der Waals surface area contributed by atoms with Crippen LogP contribution in [0.15, 0.2) is 22.9 Å². The lowest BCUT2D eigenvalue weighted by Crippen LogP contribution is -2.20. The van der Waals surface area contributed by atoms with Crippen LogP contribution in [-0.4, -0.2) is 14.8 Å². The number of nitrogens with zero attached hydrogens (tertiary/aromatic N) is 3. The Morgan fingerprint density at radius 1 is 1.39 bits per heavy atom. The van der Waals surface area contributed by atoms with Crippen LogP contribution in [0.4, 0.5) is 0 Å². The van der Waals surface area contributed by atoms with E-state index >= 15 is 0 Å². The van der Waals surface area contributed by atoms with Crippen molar-refractivity contribution in [2.24, 2.45) is 5.73 Å². The van der Waals surface area contributed by atoms with E-state index in [4.69, 9.17) is 5.73 Å². The highest BCUT2D eigenvalue weighted by molar-refractivity contribution is 9.10. The molecular formula is C13H17BrN4. The molecule has 0 spiro atoms. The maximum Gasteiger partial charge on any atom is 0.0911 e. The molecule has 0 fully saturated rings. The molecule has 2 rings (SSSR count). The zero-order chi connectivity index (χ0) is 13.3. The number of halogens is 1. The van der Waals surface area contributed by atoms with Gasteiger partial charge in [0.1, 0.15) is 0 Å². The summed E-state index contributed by atoms with van der Waals surface area (Å²) in [5, 5.41) is 4.29. The van der Waals surface area contributed by atoms with Gasteiger partial charge in [-0.15, -0.1) is 0 Å². The monoisotopic (exact) mass is 308 g/mol. The maximum atomic E-state index is 6.34. The van der Waals surface area contributed by atoms with Crippen molar-refractivity contribution in [2.45, 2.75) is 33.4 Å². The van der Waals surface area contributed by atoms with Crippen molar-refractivity contribution in [3.63, 3.8) is 0 Å². The van der Waals surface area contributed by atoms with E-state index in [9.17, 15) is 0 Å². The van der Waals surface area contributed by atoms with Gasteiger partial charge in [-0.05, 0) is 47.8 Å². The smallest absolute Gasteiger partial charge is 0.0911 e. The number of hydrogen-bond acceptors (Lipinski definition) is 3. The summed E-state index contributed by atoms with van der Waals surface area (Å²) in [5.74, 6) is 0. The Morgan fingerprint density at radius 2 is 2.11 bits per heavy atom. The first-order chi connectivity index (χ1) is 8.54. The molecule has 2 N–H and O–H groups in total. The molecule has 0 bridgehead atoms. The predicted octanol–water partition coefficient (Wildman–Crippen LogP) is 2.73. The standard InChI is InChI=1S/C13H17BrN4/c1-4-18-13(10(14)7-17-18)11(15)12-9(3)5-8(2)6-16-12/h5-7,11H,4,15H2,1-3H3. The van der Waals surface area contributed by atoms with Crippen LogP contribution in [0.25, 0.3) is 0 Å². The Hall–Kier alpha value is -1.20. The molecule has 18 heavy (non-hydrogen) atoms. The number of nitrogens with two attached hydrogens (primary N) is 1. The summed E-state index contributed by atoms with van der Waals surface area (Å²) >= 11 is 3.50. The Morgan fingerprint density at radius 3 is 2.72 bits per heavy atom. The Labute approximate surface area is 115 Å². The van der Waals surface area contributed by atoms with Gasteiger partial charge in [-0.25, -0.2) is 0 Å². The zero-order valence-corrected chi connectivity index (χ0v) is 12.4. The number of aryl methyl sites for hydroxylation is 3. The van der Waals surface area contributed by atoms with Crippen molar-refractivity contribution in [2.75, 3.05) is 0 Å². The third-order valence-corrected chi connectivity index (χ3v) is 3.59. The van der Waals surface area contributed by atoms with Crippen molar-refractivity contribution in [3.05, 3.63) is 45.4 Å². The summed E-state index contributed by atoms with van der Waals surface area (Å²) in [7, 11) is 0. The van der Waals surface area contributed by atoms with Crippen LogP contribution in [0.2, 0.25) is 0 Å². The van der Waals surface area contributed by atoms with Crippen LogP contribution < -0.4 is 5.73 Å². The van der Waals surface area contributed by atoms with Crippen molar-refractivity contribution in [3.8, 4) is 0 Å². The molecule has 2 aromatic heterocycles. The topological polar surface area (TPSA) is 56.7 Å². The molecule has 0 saturated carbocycles. The van der Waals surface area contributed by atoms with Crippen LogP contribution >= 0.6 is 15.9 Å². The fourth-order valence-electron chi connectivity index (χ4n) is 2.11. The van der Waals surface area contributed by atoms with Crippen LogP contribution in [-0.2, 0) is 6.54 Å². The van der Waals surface area contributed by atoms with Gasteiger partial charge in [0, 0.05) is 12.7 Å². The van der Waals surface area contributed by atoms with Gasteiger partial charge in [0.2, 0.25) is 0 Å². The van der Waals surface area contributed by atoms with Gasteiger partial charge < -0.3 is 5.73 Å². The lowest BCUT2D eigenvalue weighted by Gasteiger charge is -2.16. The van der Waals surface area contributed by atoms with Crippen LogP contribution in [0.3, 0.4) is 0 Å². The number of aromatic nitrogens is 3. The normalized spacial score (nSPS) is 12.7. The van der Waals surface area contributed by atoms with E-state index in [-0.39, 0.29) is 6.04 Å². The molecule has 0 aliphatic heterocycles. The minimum absolute atomic E-state index is 0.262. The van der Waals surface area contributed by atoms with Gasteiger partial charge in [-0.3, -0.25) is 9.67 Å². The fourth-order valence-corrected chi connectivity index (χ4v) is 2.66. The SMILES string of the molecule is CCn1ncc(Br)c1C(N)c1ncc(C)cc1C. The highest BCUT2D eigenvalue weighted by Crippen LogP contribution is 2.27. The molecule has 0 aliphatic carbocycles. The molecule has 4 nitrogen and oxygen atoms in total. The minimum atomic E-state index is -0.262. The van der Waals surface area contributed by atoms with Crippen LogP contribution in [0, 0.1) is 13.8 Å². The summed E-state index contributed by atoms with van der Waals surface area (Å²) in [6.07, 6.45) is 3.63. The van der Waals surface area contributed by atoms with Gasteiger partial charge in [-0.1, -0.05) is 6.07 Å². The molecule has 0 amide bonds. The van der Waals surface area contributed by atoms with E-state index in [1.165, 1.54) is 0 Å². The highest BCUT2D eigenvalue weighted by Gasteiger charge is 2.20. The summed E-state index contributed by atoms with van der Waals surface area (Å²) < 4.78 is 2.83. The Bertz CT molecular complexity index is 562. The van der Waals surface area contributed by atoms with Crippen molar-refractivity contribution < 1.29 is 0 Å². The third kappa shape index (κ3) is 2.33. The minimum Gasteiger partial charge on any atom is -0.318 e. The molecule has 0 radical (unpaired) electrons. The highest BCUT2D eigenvalue weighted by atomic mass is 79.9. The van der Waals surface area contributed by atoms with E-state index in [0.29, 0.717) is 0 Å². The van der Waals surface area contributed by atoms with E-state index in [1.54, 1.807) is 6.20 Å². The van der Waals surface area contributed by atoms with Gasteiger partial charge in [0.15, 0.2) is 0 Å². The average Bonchev–Trinajstić information content (AvgIpc) is 2.69. The van der Waals surface area contributed by atoms with Crippen molar-refractivity contribution >= 4 is 15.9 Å². The molecule has 0 aliphatic rings. The molecule has 2 heterocycles. The van der Waals surface area contributed by atoms with E-state index in [1.807, 2.05) is 31.6 Å². The Balaban J connectivity index is 2.47.